The van der Waals surface area contributed by atoms with E-state index in [-0.39, 0.29) is 24.4 Å². The Hall–Kier alpha value is -3.16. The molecule has 0 radical (unpaired) electrons. The predicted octanol–water partition coefficient (Wildman–Crippen LogP) is 3.21. The Morgan fingerprint density at radius 1 is 1.36 bits per heavy atom. The Morgan fingerprint density at radius 3 is 2.73 bits per heavy atom. The highest BCUT2D eigenvalue weighted by Gasteiger charge is 2.28. The van der Waals surface area contributed by atoms with E-state index < -0.39 is 12.1 Å². The van der Waals surface area contributed by atoms with E-state index in [4.69, 9.17) is 5.26 Å². The molecule has 1 aliphatic rings. The lowest BCUT2D eigenvalue weighted by Crippen LogP contribution is -2.48. The highest BCUT2D eigenvalue weighted by atomic mass is 32.1. The van der Waals surface area contributed by atoms with Crippen LogP contribution in [0.5, 0.6) is 0 Å². The standard InChI is InChI=1S/C23H30N6O3S/c1-14(2)12-18(21(30)26-9-8-24)27-22-20(15(3)28-33-22)17-6-4-16(5-7-17)19-13-25-10-11-29(19)23(31)32/h4-7,14,18-19,25,27H,9-13H2,1-3H3,(H,26,30)(H,31,32)/t18-,19?/m0/s1. The summed E-state index contributed by atoms with van der Waals surface area (Å²) in [6.07, 6.45) is -0.299. The summed E-state index contributed by atoms with van der Waals surface area (Å²) in [4.78, 5) is 25.7. The average Bonchev–Trinajstić information content (AvgIpc) is 3.16. The van der Waals surface area contributed by atoms with Gasteiger partial charge in [-0.25, -0.2) is 4.79 Å². The number of nitriles is 1. The monoisotopic (exact) mass is 470 g/mol. The molecular formula is C23H30N6O3S. The number of aryl methyl sites for hydroxylation is 1. The molecule has 3 rings (SSSR count). The molecule has 1 aromatic heterocycles. The number of hydrogen-bond acceptors (Lipinski definition) is 7. The largest absolute Gasteiger partial charge is 0.465 e. The molecule has 0 bridgehead atoms. The number of aromatic nitrogens is 1. The number of carboxylic acid groups (broad SMARTS) is 1. The first-order valence-electron chi connectivity index (χ1n) is 11.0. The highest BCUT2D eigenvalue weighted by molar-refractivity contribution is 7.11. The molecule has 10 heteroatoms. The van der Waals surface area contributed by atoms with Crippen molar-refractivity contribution >= 4 is 28.5 Å². The van der Waals surface area contributed by atoms with Crippen LogP contribution in [-0.4, -0.2) is 58.6 Å². The van der Waals surface area contributed by atoms with Crippen LogP contribution in [0.1, 0.15) is 37.6 Å². The molecular weight excluding hydrogens is 440 g/mol. The average molecular weight is 471 g/mol. The number of amides is 2. The minimum atomic E-state index is -0.916. The van der Waals surface area contributed by atoms with E-state index in [1.165, 1.54) is 16.4 Å². The normalized spacial score (nSPS) is 16.8. The highest BCUT2D eigenvalue weighted by Crippen LogP contribution is 2.36. The summed E-state index contributed by atoms with van der Waals surface area (Å²) >= 11 is 1.30. The Morgan fingerprint density at radius 2 is 2.09 bits per heavy atom. The third kappa shape index (κ3) is 6.00. The van der Waals surface area contributed by atoms with E-state index in [2.05, 4.69) is 20.3 Å². The molecule has 1 aliphatic heterocycles. The second-order valence-electron chi connectivity index (χ2n) is 8.49. The summed E-state index contributed by atoms with van der Waals surface area (Å²) in [5.74, 6) is 0.0736. The van der Waals surface area contributed by atoms with Gasteiger partial charge in [0, 0.05) is 25.2 Å². The number of rotatable bonds is 8. The second kappa shape index (κ2) is 11.1. The zero-order chi connectivity index (χ0) is 24.0. The lowest BCUT2D eigenvalue weighted by Gasteiger charge is -2.34. The van der Waals surface area contributed by atoms with Crippen molar-refractivity contribution in [2.75, 3.05) is 31.5 Å². The molecule has 0 aliphatic carbocycles. The summed E-state index contributed by atoms with van der Waals surface area (Å²) < 4.78 is 4.49. The van der Waals surface area contributed by atoms with Gasteiger partial charge in [0.1, 0.15) is 17.6 Å². The van der Waals surface area contributed by atoms with Crippen LogP contribution < -0.4 is 16.0 Å². The number of benzene rings is 1. The number of nitrogens with one attached hydrogen (secondary N) is 3. The quantitative estimate of drug-likeness (QED) is 0.436. The summed E-state index contributed by atoms with van der Waals surface area (Å²) in [6, 6.07) is 9.08. The van der Waals surface area contributed by atoms with E-state index in [0.29, 0.717) is 26.1 Å². The van der Waals surface area contributed by atoms with Gasteiger partial charge in [-0.15, -0.1) is 0 Å². The van der Waals surface area contributed by atoms with Gasteiger partial charge in [-0.3, -0.25) is 9.69 Å². The van der Waals surface area contributed by atoms with Crippen molar-refractivity contribution in [3.63, 3.8) is 0 Å². The van der Waals surface area contributed by atoms with Crippen molar-refractivity contribution in [2.45, 2.75) is 39.3 Å². The van der Waals surface area contributed by atoms with Gasteiger partial charge < -0.3 is 21.1 Å². The summed E-state index contributed by atoms with van der Waals surface area (Å²) in [6.45, 7) is 7.66. The first kappa shape index (κ1) is 24.5. The Labute approximate surface area is 198 Å². The molecule has 2 atom stereocenters. The number of nitrogens with zero attached hydrogens (tertiary/aromatic N) is 3. The fraction of sp³-hybridized carbons (Fsp3) is 0.478. The SMILES string of the molecule is Cc1nsc(N[C@@H](CC(C)C)C(=O)NCC#N)c1-c1ccc(C2CNCCN2C(=O)O)cc1. The predicted molar refractivity (Wildman–Crippen MR) is 128 cm³/mol. The van der Waals surface area contributed by atoms with Gasteiger partial charge in [-0.1, -0.05) is 38.1 Å². The van der Waals surface area contributed by atoms with Crippen LogP contribution in [0.4, 0.5) is 9.80 Å². The molecule has 2 amide bonds. The Bertz CT molecular complexity index is 1010. The van der Waals surface area contributed by atoms with E-state index >= 15 is 0 Å². The molecule has 1 fully saturated rings. The van der Waals surface area contributed by atoms with Crippen molar-refractivity contribution in [3.8, 4) is 17.2 Å². The van der Waals surface area contributed by atoms with Crippen molar-refractivity contribution in [1.29, 1.82) is 5.26 Å². The third-order valence-corrected chi connectivity index (χ3v) is 6.48. The number of hydrogen-bond donors (Lipinski definition) is 4. The maximum Gasteiger partial charge on any atom is 0.407 e. The molecule has 1 unspecified atom stereocenters. The zero-order valence-corrected chi connectivity index (χ0v) is 19.9. The lowest BCUT2D eigenvalue weighted by molar-refractivity contribution is -0.121. The van der Waals surface area contributed by atoms with Crippen LogP contribution in [0.2, 0.25) is 0 Å². The van der Waals surface area contributed by atoms with Crippen LogP contribution in [-0.2, 0) is 4.79 Å². The molecule has 4 N–H and O–H groups in total. The lowest BCUT2D eigenvalue weighted by atomic mass is 9.98. The van der Waals surface area contributed by atoms with Gasteiger partial charge in [0.2, 0.25) is 5.91 Å². The van der Waals surface area contributed by atoms with E-state index in [0.717, 1.165) is 27.4 Å². The Kier molecular flexibility index (Phi) is 8.25. The van der Waals surface area contributed by atoms with Gasteiger partial charge >= 0.3 is 6.09 Å². The number of anilines is 1. The van der Waals surface area contributed by atoms with Gasteiger partial charge in [0.15, 0.2) is 0 Å². The molecule has 0 spiro atoms. The molecule has 2 heterocycles. The minimum Gasteiger partial charge on any atom is -0.465 e. The molecule has 1 saturated heterocycles. The number of carbonyl (C=O) groups is 2. The molecule has 2 aromatic rings. The van der Waals surface area contributed by atoms with Gasteiger partial charge in [0.05, 0.1) is 17.8 Å². The van der Waals surface area contributed by atoms with Crippen molar-refractivity contribution in [3.05, 3.63) is 35.5 Å². The van der Waals surface area contributed by atoms with Crippen LogP contribution in [0.15, 0.2) is 24.3 Å². The van der Waals surface area contributed by atoms with Gasteiger partial charge in [-0.05, 0) is 41.9 Å². The maximum atomic E-state index is 12.6. The molecule has 33 heavy (non-hydrogen) atoms. The van der Waals surface area contributed by atoms with Gasteiger partial charge in [0.25, 0.3) is 0 Å². The molecule has 1 aromatic carbocycles. The minimum absolute atomic E-state index is 0.0332. The fourth-order valence-electron chi connectivity index (χ4n) is 4.02. The smallest absolute Gasteiger partial charge is 0.407 e. The van der Waals surface area contributed by atoms with Crippen LogP contribution >= 0.6 is 11.5 Å². The number of carbonyl (C=O) groups excluding carboxylic acids is 1. The van der Waals surface area contributed by atoms with Crippen molar-refractivity contribution in [2.24, 2.45) is 5.92 Å². The maximum absolute atomic E-state index is 12.6. The van der Waals surface area contributed by atoms with Crippen molar-refractivity contribution < 1.29 is 14.7 Å². The zero-order valence-electron chi connectivity index (χ0n) is 19.1. The summed E-state index contributed by atoms with van der Waals surface area (Å²) in [7, 11) is 0. The topological polar surface area (TPSA) is 130 Å². The van der Waals surface area contributed by atoms with E-state index in [1.807, 2.05) is 51.1 Å². The summed E-state index contributed by atoms with van der Waals surface area (Å²) in [5.41, 5.74) is 3.64. The van der Waals surface area contributed by atoms with Crippen LogP contribution in [0.25, 0.3) is 11.1 Å². The fourth-order valence-corrected chi connectivity index (χ4v) is 4.89. The van der Waals surface area contributed by atoms with E-state index in [9.17, 15) is 14.7 Å². The van der Waals surface area contributed by atoms with Crippen molar-refractivity contribution in [1.82, 2.24) is 19.9 Å². The summed E-state index contributed by atoms with van der Waals surface area (Å²) in [5, 5.41) is 28.4. The molecule has 9 nitrogen and oxygen atoms in total. The number of piperazine rings is 1. The van der Waals surface area contributed by atoms with Crippen LogP contribution in [0.3, 0.4) is 0 Å². The first-order chi connectivity index (χ1) is 15.8. The third-order valence-electron chi connectivity index (χ3n) is 5.61. The second-order valence-corrected chi connectivity index (χ2v) is 9.27. The van der Waals surface area contributed by atoms with Gasteiger partial charge in [-0.2, -0.15) is 9.64 Å². The van der Waals surface area contributed by atoms with E-state index in [1.54, 1.807) is 0 Å². The van der Waals surface area contributed by atoms with Crippen LogP contribution in [0, 0.1) is 24.2 Å². The Balaban J connectivity index is 1.84. The first-order valence-corrected chi connectivity index (χ1v) is 11.8. The molecule has 0 saturated carbocycles. The molecule has 176 valence electrons.